The van der Waals surface area contributed by atoms with E-state index in [9.17, 15) is 4.79 Å². The number of ether oxygens (including phenoxy) is 1. The standard InChI is InChI=1S/C24H25N7O2/c1-30-8-6-19(7-9-30)33-20-5-3-4-16(10-20)24(32)27-23-12-17-11-21(22-15-31(2)29-28-22)25-13-18(17)14-26-23/h3-5,10-15,19H,6-9H2,1-2H3,(H,26,27,32). The van der Waals surface area contributed by atoms with Crippen LogP contribution in [0.3, 0.4) is 0 Å². The Hall–Kier alpha value is -3.85. The zero-order valence-corrected chi connectivity index (χ0v) is 18.6. The SMILES string of the molecule is CN1CCC(Oc2cccc(C(=O)Nc3cc4cc(-c5cn(C)nn5)ncc4cn3)c2)CC1. The minimum atomic E-state index is -0.237. The van der Waals surface area contributed by atoms with Crippen LogP contribution in [0.2, 0.25) is 0 Å². The molecule has 3 aromatic heterocycles. The van der Waals surface area contributed by atoms with E-state index in [-0.39, 0.29) is 12.0 Å². The van der Waals surface area contributed by atoms with Crippen LogP contribution in [-0.4, -0.2) is 62.0 Å². The second-order valence-electron chi connectivity index (χ2n) is 8.37. The van der Waals surface area contributed by atoms with Gasteiger partial charge in [-0.2, -0.15) is 0 Å². The van der Waals surface area contributed by atoms with Crippen LogP contribution >= 0.6 is 0 Å². The molecule has 0 atom stereocenters. The molecule has 1 amide bonds. The van der Waals surface area contributed by atoms with Crippen molar-refractivity contribution in [1.82, 2.24) is 29.9 Å². The third-order valence-corrected chi connectivity index (χ3v) is 5.77. The van der Waals surface area contributed by atoms with E-state index in [0.29, 0.717) is 28.5 Å². The molecule has 33 heavy (non-hydrogen) atoms. The fourth-order valence-corrected chi connectivity index (χ4v) is 3.91. The minimum absolute atomic E-state index is 0.179. The molecular formula is C24H25N7O2. The Morgan fingerprint density at radius 1 is 1.03 bits per heavy atom. The topological polar surface area (TPSA) is 98.1 Å². The third kappa shape index (κ3) is 4.83. The lowest BCUT2D eigenvalue weighted by Gasteiger charge is -2.29. The second kappa shape index (κ2) is 8.95. The largest absolute Gasteiger partial charge is 0.490 e. The first-order valence-electron chi connectivity index (χ1n) is 10.9. The average molecular weight is 444 g/mol. The van der Waals surface area contributed by atoms with E-state index in [1.807, 2.05) is 31.3 Å². The molecule has 1 aliphatic heterocycles. The van der Waals surface area contributed by atoms with Gasteiger partial charge in [0, 0.05) is 43.5 Å². The van der Waals surface area contributed by atoms with Crippen molar-refractivity contribution >= 4 is 22.5 Å². The van der Waals surface area contributed by atoms with Crippen molar-refractivity contribution in [2.24, 2.45) is 7.05 Å². The summed E-state index contributed by atoms with van der Waals surface area (Å²) < 4.78 is 7.75. The van der Waals surface area contributed by atoms with Crippen LogP contribution in [0.5, 0.6) is 5.75 Å². The van der Waals surface area contributed by atoms with Gasteiger partial charge in [-0.1, -0.05) is 11.3 Å². The Kier molecular flexibility index (Phi) is 5.70. The number of aromatic nitrogens is 5. The molecule has 1 aromatic carbocycles. The summed E-state index contributed by atoms with van der Waals surface area (Å²) in [5.41, 5.74) is 1.92. The molecule has 0 aliphatic carbocycles. The maximum Gasteiger partial charge on any atom is 0.256 e. The molecule has 0 radical (unpaired) electrons. The van der Waals surface area contributed by atoms with E-state index >= 15 is 0 Å². The van der Waals surface area contributed by atoms with Gasteiger partial charge < -0.3 is 15.0 Å². The molecule has 1 aliphatic rings. The monoisotopic (exact) mass is 443 g/mol. The summed E-state index contributed by atoms with van der Waals surface area (Å²) in [6, 6.07) is 11.0. The van der Waals surface area contributed by atoms with Crippen molar-refractivity contribution in [3.8, 4) is 17.1 Å². The van der Waals surface area contributed by atoms with E-state index in [1.54, 1.807) is 35.4 Å². The number of hydrogen-bond acceptors (Lipinski definition) is 7. The van der Waals surface area contributed by atoms with E-state index in [4.69, 9.17) is 4.74 Å². The number of hydrogen-bond donors (Lipinski definition) is 1. The number of likely N-dealkylation sites (tertiary alicyclic amines) is 1. The van der Waals surface area contributed by atoms with Crippen molar-refractivity contribution in [1.29, 1.82) is 0 Å². The molecule has 168 valence electrons. The van der Waals surface area contributed by atoms with Crippen molar-refractivity contribution < 1.29 is 9.53 Å². The fraction of sp³-hybridized carbons (Fsp3) is 0.292. The molecule has 1 fully saturated rings. The van der Waals surface area contributed by atoms with Gasteiger partial charge >= 0.3 is 0 Å². The summed E-state index contributed by atoms with van der Waals surface area (Å²) in [4.78, 5) is 24.0. The number of rotatable bonds is 5. The predicted octanol–water partition coefficient (Wildman–Crippen LogP) is 3.15. The Bertz CT molecular complexity index is 1290. The van der Waals surface area contributed by atoms with Crippen LogP contribution in [0.1, 0.15) is 23.2 Å². The Morgan fingerprint density at radius 2 is 1.85 bits per heavy atom. The van der Waals surface area contributed by atoms with Crippen LogP contribution in [0.15, 0.2) is 55.0 Å². The third-order valence-electron chi connectivity index (χ3n) is 5.77. The first kappa shape index (κ1) is 21.0. The van der Waals surface area contributed by atoms with Gasteiger partial charge in [-0.3, -0.25) is 14.5 Å². The van der Waals surface area contributed by atoms with Crippen LogP contribution in [0.25, 0.3) is 22.2 Å². The number of amides is 1. The van der Waals surface area contributed by atoms with Crippen molar-refractivity contribution in [3.63, 3.8) is 0 Å². The number of carbonyl (C=O) groups is 1. The second-order valence-corrected chi connectivity index (χ2v) is 8.37. The number of piperidine rings is 1. The molecule has 0 spiro atoms. The average Bonchev–Trinajstić information content (AvgIpc) is 3.26. The van der Waals surface area contributed by atoms with E-state index in [0.717, 1.165) is 36.7 Å². The Labute approximate surface area is 191 Å². The zero-order valence-electron chi connectivity index (χ0n) is 18.6. The van der Waals surface area contributed by atoms with Crippen molar-refractivity contribution in [2.75, 3.05) is 25.5 Å². The van der Waals surface area contributed by atoms with Gasteiger partial charge in [0.1, 0.15) is 23.4 Å². The molecular weight excluding hydrogens is 418 g/mol. The molecule has 9 nitrogen and oxygen atoms in total. The highest BCUT2D eigenvalue weighted by Gasteiger charge is 2.18. The number of nitrogens with zero attached hydrogens (tertiary/aromatic N) is 6. The van der Waals surface area contributed by atoms with E-state index in [1.165, 1.54) is 0 Å². The Morgan fingerprint density at radius 3 is 2.64 bits per heavy atom. The molecule has 0 unspecified atom stereocenters. The molecule has 1 saturated heterocycles. The molecule has 4 heterocycles. The van der Waals surface area contributed by atoms with Gasteiger partial charge in [-0.05, 0) is 55.6 Å². The van der Waals surface area contributed by atoms with Crippen LogP contribution in [0, 0.1) is 0 Å². The number of benzene rings is 1. The molecule has 5 rings (SSSR count). The molecule has 0 bridgehead atoms. The lowest BCUT2D eigenvalue weighted by molar-refractivity contribution is 0.102. The predicted molar refractivity (Wildman–Crippen MR) is 125 cm³/mol. The van der Waals surface area contributed by atoms with Crippen LogP contribution in [-0.2, 0) is 7.05 Å². The first-order valence-corrected chi connectivity index (χ1v) is 10.9. The highest BCUT2D eigenvalue weighted by Crippen LogP contribution is 2.23. The number of carbonyl (C=O) groups excluding carboxylic acids is 1. The summed E-state index contributed by atoms with van der Waals surface area (Å²) >= 11 is 0. The molecule has 1 N–H and O–H groups in total. The van der Waals surface area contributed by atoms with Crippen molar-refractivity contribution in [2.45, 2.75) is 18.9 Å². The zero-order chi connectivity index (χ0) is 22.8. The molecule has 4 aromatic rings. The van der Waals surface area contributed by atoms with Gasteiger partial charge in [0.15, 0.2) is 0 Å². The number of fused-ring (bicyclic) bond motifs is 1. The summed E-state index contributed by atoms with van der Waals surface area (Å²) in [5.74, 6) is 0.938. The fourth-order valence-electron chi connectivity index (χ4n) is 3.91. The quantitative estimate of drug-likeness (QED) is 0.506. The highest BCUT2D eigenvalue weighted by molar-refractivity contribution is 6.04. The normalized spacial score (nSPS) is 15.0. The highest BCUT2D eigenvalue weighted by atomic mass is 16.5. The maximum absolute atomic E-state index is 12.9. The lowest BCUT2D eigenvalue weighted by Crippen LogP contribution is -2.35. The number of aryl methyl sites for hydroxylation is 1. The smallest absolute Gasteiger partial charge is 0.256 e. The summed E-state index contributed by atoms with van der Waals surface area (Å²) in [7, 11) is 3.93. The number of anilines is 1. The number of nitrogens with one attached hydrogen (secondary N) is 1. The van der Waals surface area contributed by atoms with E-state index in [2.05, 4.69) is 37.5 Å². The molecule has 9 heteroatoms. The summed E-state index contributed by atoms with van der Waals surface area (Å²) in [6.07, 6.45) is 7.38. The van der Waals surface area contributed by atoms with Gasteiger partial charge in [-0.25, -0.2) is 4.98 Å². The van der Waals surface area contributed by atoms with E-state index < -0.39 is 0 Å². The van der Waals surface area contributed by atoms with Gasteiger partial charge in [-0.15, -0.1) is 5.10 Å². The summed E-state index contributed by atoms with van der Waals surface area (Å²) in [5, 5.41) is 12.7. The summed E-state index contributed by atoms with van der Waals surface area (Å²) in [6.45, 7) is 2.04. The number of pyridine rings is 2. The van der Waals surface area contributed by atoms with Gasteiger partial charge in [0.05, 0.1) is 11.9 Å². The van der Waals surface area contributed by atoms with Crippen LogP contribution in [0.4, 0.5) is 5.82 Å². The van der Waals surface area contributed by atoms with Gasteiger partial charge in [0.25, 0.3) is 5.91 Å². The van der Waals surface area contributed by atoms with Crippen molar-refractivity contribution in [3.05, 3.63) is 60.6 Å². The van der Waals surface area contributed by atoms with Gasteiger partial charge in [0.2, 0.25) is 0 Å². The maximum atomic E-state index is 12.9. The lowest BCUT2D eigenvalue weighted by atomic mass is 10.1. The minimum Gasteiger partial charge on any atom is -0.490 e. The van der Waals surface area contributed by atoms with Crippen LogP contribution < -0.4 is 10.1 Å². The molecule has 0 saturated carbocycles. The first-order chi connectivity index (χ1) is 16.0. The Balaban J connectivity index is 1.31.